The molecule has 2 aromatic rings. The van der Waals surface area contributed by atoms with E-state index in [0.29, 0.717) is 26.6 Å². The van der Waals surface area contributed by atoms with Crippen molar-refractivity contribution in [2.75, 3.05) is 26.6 Å². The number of rotatable bonds is 4. The molecule has 0 saturated heterocycles. The predicted molar refractivity (Wildman–Crippen MR) is 114 cm³/mol. The summed E-state index contributed by atoms with van der Waals surface area (Å²) in [7, 11) is 0. The van der Waals surface area contributed by atoms with Crippen molar-refractivity contribution in [2.24, 2.45) is 0 Å². The Morgan fingerprint density at radius 1 is 0.828 bits per heavy atom. The number of hydrogen-bond donors (Lipinski definition) is 0. The summed E-state index contributed by atoms with van der Waals surface area (Å²) in [4.78, 5) is 4.24. The lowest BCUT2D eigenvalue weighted by molar-refractivity contribution is 0.109. The predicted octanol–water partition coefficient (Wildman–Crippen LogP) is 3.58. The van der Waals surface area contributed by atoms with Gasteiger partial charge in [0.1, 0.15) is 25.0 Å². The molecule has 0 saturated carbocycles. The van der Waals surface area contributed by atoms with Crippen molar-refractivity contribution in [1.29, 1.82) is 0 Å². The van der Waals surface area contributed by atoms with Crippen LogP contribution in [-0.2, 0) is 18.5 Å². The summed E-state index contributed by atoms with van der Waals surface area (Å²) in [6, 6.07) is 13.0. The molecule has 2 heterocycles. The van der Waals surface area contributed by atoms with Gasteiger partial charge in [-0.15, -0.1) is 12.8 Å². The first-order valence-corrected chi connectivity index (χ1v) is 9.85. The number of benzene rings is 2. The standard InChI is InChI=1S/C25H26N2O2/c1-5-11-26-15-19-13-21(7-9-23(19)28-17-26)25(3,4)22-8-10-24-20(14-22)16-27(12-6-2)18-29-24/h1-2,7-10,13-14H,11-12,15-18H2,3-4H3. The highest BCUT2D eigenvalue weighted by atomic mass is 16.5. The Morgan fingerprint density at radius 3 is 1.69 bits per heavy atom. The van der Waals surface area contributed by atoms with E-state index < -0.39 is 0 Å². The lowest BCUT2D eigenvalue weighted by Gasteiger charge is -2.33. The van der Waals surface area contributed by atoms with Gasteiger partial charge in [0.15, 0.2) is 0 Å². The van der Waals surface area contributed by atoms with Gasteiger partial charge >= 0.3 is 0 Å². The summed E-state index contributed by atoms with van der Waals surface area (Å²) in [5, 5.41) is 0. The van der Waals surface area contributed by atoms with Gasteiger partial charge in [-0.05, 0) is 35.4 Å². The molecule has 0 spiro atoms. The molecule has 2 aliphatic rings. The molecule has 148 valence electrons. The van der Waals surface area contributed by atoms with Crippen LogP contribution in [0.1, 0.15) is 36.1 Å². The third kappa shape index (κ3) is 3.83. The van der Waals surface area contributed by atoms with E-state index in [0.717, 1.165) is 24.6 Å². The molecule has 2 aromatic carbocycles. The van der Waals surface area contributed by atoms with Gasteiger partial charge in [0.2, 0.25) is 0 Å². The maximum absolute atomic E-state index is 5.86. The van der Waals surface area contributed by atoms with Crippen LogP contribution in [-0.4, -0.2) is 36.4 Å². The van der Waals surface area contributed by atoms with Crippen molar-refractivity contribution in [2.45, 2.75) is 32.4 Å². The maximum Gasteiger partial charge on any atom is 0.143 e. The smallest absolute Gasteiger partial charge is 0.143 e. The second-order valence-electron chi connectivity index (χ2n) is 8.20. The minimum absolute atomic E-state index is 0.160. The molecule has 0 unspecified atom stereocenters. The van der Waals surface area contributed by atoms with Crippen molar-refractivity contribution in [3.63, 3.8) is 0 Å². The van der Waals surface area contributed by atoms with Gasteiger partial charge in [-0.25, -0.2) is 0 Å². The molecule has 0 N–H and O–H groups in total. The van der Waals surface area contributed by atoms with Gasteiger partial charge < -0.3 is 9.47 Å². The van der Waals surface area contributed by atoms with Crippen LogP contribution in [0.3, 0.4) is 0 Å². The molecule has 0 radical (unpaired) electrons. The fourth-order valence-corrected chi connectivity index (χ4v) is 3.99. The van der Waals surface area contributed by atoms with Crippen molar-refractivity contribution in [3.8, 4) is 36.2 Å². The zero-order chi connectivity index (χ0) is 20.4. The van der Waals surface area contributed by atoms with Gasteiger partial charge in [-0.1, -0.05) is 37.8 Å². The largest absolute Gasteiger partial charge is 0.478 e. The van der Waals surface area contributed by atoms with Gasteiger partial charge in [0.25, 0.3) is 0 Å². The van der Waals surface area contributed by atoms with Crippen molar-refractivity contribution in [1.82, 2.24) is 9.80 Å². The second kappa shape index (κ2) is 7.84. The van der Waals surface area contributed by atoms with E-state index >= 15 is 0 Å². The lowest BCUT2D eigenvalue weighted by atomic mass is 9.77. The summed E-state index contributed by atoms with van der Waals surface area (Å²) < 4.78 is 11.7. The summed E-state index contributed by atoms with van der Waals surface area (Å²) in [6.45, 7) is 8.38. The van der Waals surface area contributed by atoms with E-state index in [9.17, 15) is 0 Å². The van der Waals surface area contributed by atoms with Crippen LogP contribution in [0.25, 0.3) is 0 Å². The first-order valence-electron chi connectivity index (χ1n) is 9.85. The minimum Gasteiger partial charge on any atom is -0.478 e. The maximum atomic E-state index is 5.86. The Bertz CT molecular complexity index is 917. The van der Waals surface area contributed by atoms with Crippen LogP contribution >= 0.6 is 0 Å². The fourth-order valence-electron chi connectivity index (χ4n) is 3.99. The molecular weight excluding hydrogens is 360 g/mol. The molecule has 29 heavy (non-hydrogen) atoms. The Kier molecular flexibility index (Phi) is 5.24. The average Bonchev–Trinajstić information content (AvgIpc) is 2.73. The first-order chi connectivity index (χ1) is 14.0. The summed E-state index contributed by atoms with van der Waals surface area (Å²) in [5.41, 5.74) is 4.70. The van der Waals surface area contributed by atoms with E-state index in [4.69, 9.17) is 22.3 Å². The first kappa shape index (κ1) is 19.4. The van der Waals surface area contributed by atoms with E-state index in [1.165, 1.54) is 22.3 Å². The van der Waals surface area contributed by atoms with Crippen molar-refractivity contribution >= 4 is 0 Å². The van der Waals surface area contributed by atoms with Gasteiger partial charge in [-0.3, -0.25) is 9.80 Å². The quantitative estimate of drug-likeness (QED) is 0.750. The molecule has 2 aliphatic heterocycles. The van der Waals surface area contributed by atoms with E-state index in [-0.39, 0.29) is 5.41 Å². The van der Waals surface area contributed by atoms with Crippen LogP contribution in [0.2, 0.25) is 0 Å². The van der Waals surface area contributed by atoms with E-state index in [2.05, 4.69) is 71.9 Å². The Morgan fingerprint density at radius 2 is 1.28 bits per heavy atom. The molecule has 4 heteroatoms. The highest BCUT2D eigenvalue weighted by molar-refractivity contribution is 5.48. The SMILES string of the molecule is C#CCN1COc2ccc(C(C)(C)c3ccc4c(c3)CN(CC#C)CO4)cc2C1. The number of fused-ring (bicyclic) bond motifs is 2. The molecule has 0 fully saturated rings. The lowest BCUT2D eigenvalue weighted by Crippen LogP contribution is -2.33. The second-order valence-corrected chi connectivity index (χ2v) is 8.20. The highest BCUT2D eigenvalue weighted by Gasteiger charge is 2.28. The Labute approximate surface area is 173 Å². The number of terminal acetylenes is 2. The topological polar surface area (TPSA) is 24.9 Å². The van der Waals surface area contributed by atoms with Gasteiger partial charge in [-0.2, -0.15) is 0 Å². The van der Waals surface area contributed by atoms with Crippen molar-refractivity contribution < 1.29 is 9.47 Å². The molecule has 0 amide bonds. The van der Waals surface area contributed by atoms with Crippen LogP contribution in [0.15, 0.2) is 36.4 Å². The Hall–Kier alpha value is -2.92. The van der Waals surface area contributed by atoms with E-state index in [1.807, 2.05) is 0 Å². The monoisotopic (exact) mass is 386 g/mol. The van der Waals surface area contributed by atoms with E-state index in [1.54, 1.807) is 0 Å². The molecule has 4 nitrogen and oxygen atoms in total. The van der Waals surface area contributed by atoms with Crippen LogP contribution < -0.4 is 9.47 Å². The zero-order valence-electron chi connectivity index (χ0n) is 17.1. The minimum atomic E-state index is -0.160. The molecule has 4 rings (SSSR count). The normalized spacial score (nSPS) is 16.6. The van der Waals surface area contributed by atoms with Gasteiger partial charge in [0, 0.05) is 29.6 Å². The third-order valence-corrected chi connectivity index (χ3v) is 5.79. The zero-order valence-corrected chi connectivity index (χ0v) is 17.1. The molecule has 0 atom stereocenters. The van der Waals surface area contributed by atoms with Crippen LogP contribution in [0.4, 0.5) is 0 Å². The fraction of sp³-hybridized carbons (Fsp3) is 0.360. The number of hydrogen-bond acceptors (Lipinski definition) is 4. The number of ether oxygens (including phenoxy) is 2. The molecule has 0 aliphatic carbocycles. The molecular formula is C25H26N2O2. The van der Waals surface area contributed by atoms with Crippen LogP contribution in [0.5, 0.6) is 11.5 Å². The molecule has 0 bridgehead atoms. The van der Waals surface area contributed by atoms with Gasteiger partial charge in [0.05, 0.1) is 13.1 Å². The summed E-state index contributed by atoms with van der Waals surface area (Å²) in [5.74, 6) is 7.29. The Balaban J connectivity index is 1.63. The third-order valence-electron chi connectivity index (χ3n) is 5.79. The summed E-state index contributed by atoms with van der Waals surface area (Å²) in [6.07, 6.45) is 10.9. The van der Waals surface area contributed by atoms with Crippen molar-refractivity contribution in [3.05, 3.63) is 58.7 Å². The number of nitrogens with zero attached hydrogens (tertiary/aromatic N) is 2. The van der Waals surface area contributed by atoms with Crippen LogP contribution in [0, 0.1) is 24.7 Å². The average molecular weight is 386 g/mol. The highest BCUT2D eigenvalue weighted by Crippen LogP contribution is 2.38. The summed E-state index contributed by atoms with van der Waals surface area (Å²) >= 11 is 0. The molecule has 0 aromatic heterocycles.